The normalized spacial score (nSPS) is 11.6. The smallest absolute Gasteiger partial charge is 0.306 e. The minimum Gasteiger partial charge on any atom is -0.497 e. The van der Waals surface area contributed by atoms with Crippen molar-refractivity contribution in [2.75, 3.05) is 18.7 Å². The molecule has 1 heterocycles. The Morgan fingerprint density at radius 2 is 1.75 bits per heavy atom. The fraction of sp³-hybridized carbons (Fsp3) is 0.400. The number of anilines is 1. The largest absolute Gasteiger partial charge is 0.497 e. The van der Waals surface area contributed by atoms with Crippen molar-refractivity contribution in [3.63, 3.8) is 0 Å². The second kappa shape index (κ2) is 10.1. The molecule has 1 aromatic carbocycles. The van der Waals surface area contributed by atoms with E-state index in [9.17, 15) is 9.59 Å². The molecule has 28 heavy (non-hydrogen) atoms. The second-order valence-electron chi connectivity index (χ2n) is 6.21. The Morgan fingerprint density at radius 3 is 2.29 bits per heavy atom. The van der Waals surface area contributed by atoms with Gasteiger partial charge in [-0.1, -0.05) is 11.8 Å². The Hall–Kier alpha value is -2.61. The van der Waals surface area contributed by atoms with Crippen molar-refractivity contribution in [3.05, 3.63) is 41.2 Å². The van der Waals surface area contributed by atoms with E-state index in [-0.39, 0.29) is 6.42 Å². The van der Waals surface area contributed by atoms with E-state index in [2.05, 4.69) is 15.3 Å². The molecule has 8 heteroatoms. The van der Waals surface area contributed by atoms with Gasteiger partial charge in [-0.3, -0.25) is 9.59 Å². The summed E-state index contributed by atoms with van der Waals surface area (Å²) >= 11 is 1.48. The third-order valence-corrected chi connectivity index (χ3v) is 4.74. The van der Waals surface area contributed by atoms with E-state index in [0.29, 0.717) is 23.0 Å². The lowest BCUT2D eigenvalue weighted by Crippen LogP contribution is -2.30. The summed E-state index contributed by atoms with van der Waals surface area (Å²) in [7, 11) is 1.57. The average molecular weight is 404 g/mol. The van der Waals surface area contributed by atoms with Gasteiger partial charge in [-0.25, -0.2) is 9.97 Å². The van der Waals surface area contributed by atoms with Gasteiger partial charge in [-0.05, 0) is 63.3 Å². The number of ether oxygens (including phenoxy) is 2. The highest BCUT2D eigenvalue weighted by Crippen LogP contribution is 2.18. The molecule has 1 N–H and O–H groups in total. The quantitative estimate of drug-likeness (QED) is 0.411. The molecular weight excluding hydrogens is 378 g/mol. The number of methoxy groups -OCH3 is 1. The first-order chi connectivity index (χ1) is 13.3. The maximum absolute atomic E-state index is 12.2. The van der Waals surface area contributed by atoms with Crippen LogP contribution in [0.1, 0.15) is 30.3 Å². The van der Waals surface area contributed by atoms with Crippen molar-refractivity contribution in [2.45, 2.75) is 44.9 Å². The first-order valence-electron chi connectivity index (χ1n) is 8.86. The number of hydrogen-bond donors (Lipinski definition) is 1. The lowest BCUT2D eigenvalue weighted by atomic mass is 10.1. The monoisotopic (exact) mass is 403 g/mol. The van der Waals surface area contributed by atoms with Crippen LogP contribution in [-0.2, 0) is 20.7 Å². The number of nitrogens with one attached hydrogen (secondary N) is 1. The zero-order chi connectivity index (χ0) is 20.7. The highest BCUT2D eigenvalue weighted by atomic mass is 32.2. The lowest BCUT2D eigenvalue weighted by Gasteiger charge is -2.14. The number of benzene rings is 1. The number of aryl methyl sites for hydroxylation is 2. The topological polar surface area (TPSA) is 90.4 Å². The van der Waals surface area contributed by atoms with Crippen molar-refractivity contribution < 1.29 is 19.1 Å². The van der Waals surface area contributed by atoms with Gasteiger partial charge >= 0.3 is 5.97 Å². The van der Waals surface area contributed by atoms with Gasteiger partial charge in [0.1, 0.15) is 5.75 Å². The van der Waals surface area contributed by atoms with Gasteiger partial charge in [0, 0.05) is 23.5 Å². The molecule has 7 nitrogen and oxygen atoms in total. The highest BCUT2D eigenvalue weighted by Gasteiger charge is 2.19. The van der Waals surface area contributed by atoms with Crippen LogP contribution in [0.25, 0.3) is 0 Å². The number of esters is 1. The summed E-state index contributed by atoms with van der Waals surface area (Å²) < 4.78 is 10.3. The number of hydrogen-bond acceptors (Lipinski definition) is 7. The van der Waals surface area contributed by atoms with Crippen LogP contribution in [0.15, 0.2) is 29.4 Å². The first-order valence-corrected chi connectivity index (χ1v) is 10.1. The third-order valence-electron chi connectivity index (χ3n) is 4.20. The number of aromatic nitrogens is 2. The van der Waals surface area contributed by atoms with Gasteiger partial charge in [-0.15, -0.1) is 0 Å². The zero-order valence-electron chi connectivity index (χ0n) is 16.7. The molecule has 0 saturated carbocycles. The van der Waals surface area contributed by atoms with Gasteiger partial charge in [-0.2, -0.15) is 0 Å². The van der Waals surface area contributed by atoms with Crippen molar-refractivity contribution in [1.29, 1.82) is 0 Å². The second-order valence-corrected chi connectivity index (χ2v) is 6.98. The molecule has 0 aliphatic rings. The summed E-state index contributed by atoms with van der Waals surface area (Å²) in [6.07, 6.45) is 1.65. The van der Waals surface area contributed by atoms with E-state index in [0.717, 1.165) is 17.0 Å². The van der Waals surface area contributed by atoms with Gasteiger partial charge in [0.15, 0.2) is 11.3 Å². The average Bonchev–Trinajstić information content (AvgIpc) is 2.67. The van der Waals surface area contributed by atoms with Crippen molar-refractivity contribution >= 4 is 29.3 Å². The molecule has 1 atom stereocenters. The fourth-order valence-corrected chi connectivity index (χ4v) is 3.07. The van der Waals surface area contributed by atoms with Gasteiger partial charge in [0.05, 0.1) is 7.11 Å². The minimum atomic E-state index is -0.896. The Kier molecular flexibility index (Phi) is 7.80. The maximum Gasteiger partial charge on any atom is 0.306 e. The number of carbonyl (C=O) groups excluding carboxylic acids is 2. The van der Waals surface area contributed by atoms with E-state index < -0.39 is 18.0 Å². The molecule has 150 valence electrons. The number of nitrogens with zero attached hydrogens (tertiary/aromatic N) is 2. The van der Waals surface area contributed by atoms with Crippen LogP contribution in [0, 0.1) is 13.8 Å². The number of rotatable bonds is 8. The van der Waals surface area contributed by atoms with Gasteiger partial charge < -0.3 is 14.8 Å². The molecule has 0 unspecified atom stereocenters. The predicted octanol–water partition coefficient (Wildman–Crippen LogP) is 3.33. The molecule has 1 amide bonds. The number of carbonyl (C=O) groups is 2. The number of thioether (sulfide) groups is 1. The molecule has 0 aliphatic heterocycles. The van der Waals surface area contributed by atoms with Gasteiger partial charge in [0.2, 0.25) is 0 Å². The highest BCUT2D eigenvalue weighted by molar-refractivity contribution is 7.98. The van der Waals surface area contributed by atoms with E-state index in [4.69, 9.17) is 9.47 Å². The minimum absolute atomic E-state index is 0.157. The lowest BCUT2D eigenvalue weighted by molar-refractivity contribution is -0.153. The molecule has 2 rings (SSSR count). The van der Waals surface area contributed by atoms with Crippen LogP contribution in [0.3, 0.4) is 0 Å². The van der Waals surface area contributed by atoms with Crippen LogP contribution < -0.4 is 10.1 Å². The van der Waals surface area contributed by atoms with Crippen molar-refractivity contribution in [3.8, 4) is 5.75 Å². The summed E-state index contributed by atoms with van der Waals surface area (Å²) in [4.78, 5) is 33.2. The Morgan fingerprint density at radius 1 is 1.14 bits per heavy atom. The summed E-state index contributed by atoms with van der Waals surface area (Å²) in [5.41, 5.74) is 3.25. The van der Waals surface area contributed by atoms with Crippen molar-refractivity contribution in [2.24, 2.45) is 0 Å². The maximum atomic E-state index is 12.2. The summed E-state index contributed by atoms with van der Waals surface area (Å²) in [5, 5.41) is 3.42. The standard InChI is InChI=1S/C20H25N3O4S/c1-12-17(13(2)22-20(21-12)28-5)10-11-18(24)27-14(3)19(25)23-15-6-8-16(26-4)9-7-15/h6-9,14H,10-11H2,1-5H3,(H,23,25)/t14-/m0/s1. The van der Waals surface area contributed by atoms with E-state index in [1.54, 1.807) is 38.3 Å². The van der Waals surface area contributed by atoms with E-state index in [1.807, 2.05) is 20.1 Å². The molecule has 0 fully saturated rings. The molecular formula is C20H25N3O4S. The van der Waals surface area contributed by atoms with E-state index in [1.165, 1.54) is 11.8 Å². The summed E-state index contributed by atoms with van der Waals surface area (Å²) in [5.74, 6) is -0.138. The molecule has 0 spiro atoms. The molecule has 0 aliphatic carbocycles. The van der Waals surface area contributed by atoms with Gasteiger partial charge in [0.25, 0.3) is 5.91 Å². The van der Waals surface area contributed by atoms with Crippen LogP contribution in [0.4, 0.5) is 5.69 Å². The Bertz CT molecular complexity index is 817. The predicted molar refractivity (Wildman–Crippen MR) is 109 cm³/mol. The third kappa shape index (κ3) is 5.95. The zero-order valence-corrected chi connectivity index (χ0v) is 17.6. The first kappa shape index (κ1) is 21.7. The Labute approximate surface area is 169 Å². The molecule has 0 saturated heterocycles. The van der Waals surface area contributed by atoms with Crippen LogP contribution in [-0.4, -0.2) is 41.3 Å². The van der Waals surface area contributed by atoms with Crippen LogP contribution in [0.5, 0.6) is 5.75 Å². The Balaban J connectivity index is 1.87. The van der Waals surface area contributed by atoms with Crippen LogP contribution >= 0.6 is 11.8 Å². The summed E-state index contributed by atoms with van der Waals surface area (Å²) in [6, 6.07) is 6.91. The SMILES string of the molecule is COc1ccc(NC(=O)[C@H](C)OC(=O)CCc2c(C)nc(SC)nc2C)cc1. The molecule has 1 aromatic heterocycles. The fourth-order valence-electron chi connectivity index (χ4n) is 2.62. The molecule has 0 radical (unpaired) electrons. The van der Waals surface area contributed by atoms with Crippen LogP contribution in [0.2, 0.25) is 0 Å². The molecule has 2 aromatic rings. The molecule has 0 bridgehead atoms. The van der Waals surface area contributed by atoms with Crippen molar-refractivity contribution in [1.82, 2.24) is 9.97 Å². The number of amides is 1. The summed E-state index contributed by atoms with van der Waals surface area (Å²) in [6.45, 7) is 5.35. The van der Waals surface area contributed by atoms with E-state index >= 15 is 0 Å².